The summed E-state index contributed by atoms with van der Waals surface area (Å²) in [4.78, 5) is 21.9. The molecule has 1 fully saturated rings. The van der Waals surface area contributed by atoms with Crippen molar-refractivity contribution in [2.24, 2.45) is 5.92 Å². The lowest BCUT2D eigenvalue weighted by atomic mass is 9.96. The van der Waals surface area contributed by atoms with E-state index in [0.717, 1.165) is 70.8 Å². The van der Waals surface area contributed by atoms with Crippen LogP contribution in [0.5, 0.6) is 0 Å². The van der Waals surface area contributed by atoms with Crippen LogP contribution < -0.4 is 10.2 Å². The van der Waals surface area contributed by atoms with Crippen LogP contribution in [0.3, 0.4) is 0 Å². The molecule has 160 valence electrons. The molecule has 0 saturated carbocycles. The van der Waals surface area contributed by atoms with Gasteiger partial charge in [0.1, 0.15) is 5.82 Å². The molecular formula is C25H34N4O. The number of nitrogens with one attached hydrogen (secondary N) is 1. The topological polar surface area (TPSA) is 48.5 Å². The van der Waals surface area contributed by atoms with Gasteiger partial charge in [-0.2, -0.15) is 0 Å². The van der Waals surface area contributed by atoms with E-state index in [1.54, 1.807) is 0 Å². The number of anilines is 1. The van der Waals surface area contributed by atoms with Crippen molar-refractivity contribution in [3.05, 3.63) is 58.8 Å². The Hall–Kier alpha value is -2.40. The molecule has 30 heavy (non-hydrogen) atoms. The van der Waals surface area contributed by atoms with Crippen LogP contribution in [-0.2, 0) is 17.8 Å². The number of carbonyl (C=O) groups is 1. The lowest BCUT2D eigenvalue weighted by molar-refractivity contribution is -0.125. The van der Waals surface area contributed by atoms with Gasteiger partial charge in [-0.25, -0.2) is 4.98 Å². The van der Waals surface area contributed by atoms with Crippen molar-refractivity contribution < 1.29 is 4.79 Å². The van der Waals surface area contributed by atoms with Gasteiger partial charge in [-0.05, 0) is 62.3 Å². The lowest BCUT2D eigenvalue weighted by Gasteiger charge is -2.32. The zero-order valence-electron chi connectivity index (χ0n) is 18.4. The van der Waals surface area contributed by atoms with E-state index < -0.39 is 0 Å². The highest BCUT2D eigenvalue weighted by atomic mass is 16.1. The summed E-state index contributed by atoms with van der Waals surface area (Å²) in [6.07, 6.45) is 5.88. The molecule has 1 aromatic carbocycles. The van der Waals surface area contributed by atoms with Gasteiger partial charge in [0.25, 0.3) is 0 Å². The number of aromatic nitrogens is 1. The third-order valence-corrected chi connectivity index (χ3v) is 6.49. The number of hydrogen-bond donors (Lipinski definition) is 1. The number of aryl methyl sites for hydroxylation is 2. The Balaban J connectivity index is 1.15. The molecule has 2 aliphatic heterocycles. The molecule has 4 rings (SSSR count). The van der Waals surface area contributed by atoms with E-state index in [0.29, 0.717) is 0 Å². The molecule has 0 aliphatic carbocycles. The molecule has 5 nitrogen and oxygen atoms in total. The molecule has 1 saturated heterocycles. The number of nitrogens with zero attached hydrogens (tertiary/aromatic N) is 3. The second-order valence-electron chi connectivity index (χ2n) is 8.90. The number of benzene rings is 1. The Kier molecular flexibility index (Phi) is 6.68. The Morgan fingerprint density at radius 1 is 1.07 bits per heavy atom. The number of fused-ring (bicyclic) bond motifs is 1. The molecule has 0 spiro atoms. The number of rotatable bonds is 6. The highest BCUT2D eigenvalue weighted by molar-refractivity contribution is 5.78. The summed E-state index contributed by atoms with van der Waals surface area (Å²) in [7, 11) is 0. The quantitative estimate of drug-likeness (QED) is 0.746. The first-order chi connectivity index (χ1) is 14.6. The van der Waals surface area contributed by atoms with Gasteiger partial charge in [-0.1, -0.05) is 29.8 Å². The molecule has 2 aromatic rings. The maximum atomic E-state index is 12.6. The zero-order chi connectivity index (χ0) is 20.9. The second-order valence-corrected chi connectivity index (χ2v) is 8.90. The molecule has 0 unspecified atom stereocenters. The van der Waals surface area contributed by atoms with Crippen LogP contribution in [-0.4, -0.2) is 48.5 Å². The first-order valence-electron chi connectivity index (χ1n) is 11.3. The molecule has 2 aliphatic rings. The summed E-state index contributed by atoms with van der Waals surface area (Å²) in [6, 6.07) is 11.0. The maximum Gasteiger partial charge on any atom is 0.223 e. The number of piperidine rings is 1. The zero-order valence-corrected chi connectivity index (χ0v) is 18.4. The van der Waals surface area contributed by atoms with E-state index in [1.807, 2.05) is 6.20 Å². The van der Waals surface area contributed by atoms with Gasteiger partial charge >= 0.3 is 0 Å². The third kappa shape index (κ3) is 5.20. The number of pyridine rings is 1. The van der Waals surface area contributed by atoms with Crippen molar-refractivity contribution in [3.63, 3.8) is 0 Å². The van der Waals surface area contributed by atoms with Crippen molar-refractivity contribution in [1.82, 2.24) is 15.2 Å². The predicted octanol–water partition coefficient (Wildman–Crippen LogP) is 3.48. The minimum atomic E-state index is 0.136. The van der Waals surface area contributed by atoms with E-state index in [4.69, 9.17) is 0 Å². The van der Waals surface area contributed by atoms with E-state index in [-0.39, 0.29) is 11.8 Å². The van der Waals surface area contributed by atoms with E-state index in [9.17, 15) is 4.79 Å². The number of hydrogen-bond acceptors (Lipinski definition) is 4. The fraction of sp³-hybridized carbons (Fsp3) is 0.520. The van der Waals surface area contributed by atoms with Crippen LogP contribution in [0.1, 0.15) is 41.5 Å². The molecule has 5 heteroatoms. The first kappa shape index (κ1) is 20.9. The molecule has 1 amide bonds. The van der Waals surface area contributed by atoms with Crippen molar-refractivity contribution in [1.29, 1.82) is 0 Å². The summed E-state index contributed by atoms with van der Waals surface area (Å²) in [5, 5.41) is 3.18. The van der Waals surface area contributed by atoms with Crippen LogP contribution in [0.2, 0.25) is 0 Å². The molecule has 3 heterocycles. The van der Waals surface area contributed by atoms with Crippen LogP contribution >= 0.6 is 0 Å². The van der Waals surface area contributed by atoms with Gasteiger partial charge < -0.3 is 10.2 Å². The third-order valence-electron chi connectivity index (χ3n) is 6.49. The Labute approximate surface area is 180 Å². The summed E-state index contributed by atoms with van der Waals surface area (Å²) in [6.45, 7) is 10.0. The smallest absolute Gasteiger partial charge is 0.223 e. The van der Waals surface area contributed by atoms with Crippen molar-refractivity contribution in [3.8, 4) is 0 Å². The average Bonchev–Trinajstić information content (AvgIpc) is 2.77. The largest absolute Gasteiger partial charge is 0.357 e. The fourth-order valence-electron chi connectivity index (χ4n) is 4.61. The molecule has 1 aromatic heterocycles. The van der Waals surface area contributed by atoms with Crippen molar-refractivity contribution in [2.75, 3.05) is 37.6 Å². The second kappa shape index (κ2) is 9.61. The SMILES string of the molecule is Cc1ccc(N2CCC(C(=O)NCCCN3CCc4cc(C)ccc4C3)CC2)nc1. The van der Waals surface area contributed by atoms with E-state index in [2.05, 4.69) is 64.3 Å². The number of amides is 1. The molecule has 0 atom stereocenters. The van der Waals surface area contributed by atoms with Gasteiger partial charge in [0.2, 0.25) is 5.91 Å². The monoisotopic (exact) mass is 406 g/mol. The first-order valence-corrected chi connectivity index (χ1v) is 11.3. The molecule has 0 radical (unpaired) electrons. The Morgan fingerprint density at radius 3 is 2.63 bits per heavy atom. The number of carbonyl (C=O) groups excluding carboxylic acids is 1. The molecular weight excluding hydrogens is 372 g/mol. The van der Waals surface area contributed by atoms with Gasteiger partial charge in [0.05, 0.1) is 0 Å². The van der Waals surface area contributed by atoms with Crippen molar-refractivity contribution >= 4 is 11.7 Å². The normalized spacial score (nSPS) is 17.6. The molecule has 0 bridgehead atoms. The van der Waals surface area contributed by atoms with Crippen LogP contribution in [0.15, 0.2) is 36.5 Å². The van der Waals surface area contributed by atoms with Gasteiger partial charge in [0.15, 0.2) is 0 Å². The van der Waals surface area contributed by atoms with Crippen LogP contribution in [0.25, 0.3) is 0 Å². The van der Waals surface area contributed by atoms with E-state index >= 15 is 0 Å². The van der Waals surface area contributed by atoms with Crippen LogP contribution in [0.4, 0.5) is 5.82 Å². The summed E-state index contributed by atoms with van der Waals surface area (Å²) < 4.78 is 0. The van der Waals surface area contributed by atoms with Gasteiger partial charge in [-0.15, -0.1) is 0 Å². The van der Waals surface area contributed by atoms with Crippen LogP contribution in [0, 0.1) is 19.8 Å². The summed E-state index contributed by atoms with van der Waals surface area (Å²) >= 11 is 0. The predicted molar refractivity (Wildman–Crippen MR) is 122 cm³/mol. The minimum Gasteiger partial charge on any atom is -0.357 e. The highest BCUT2D eigenvalue weighted by Gasteiger charge is 2.25. The Bertz CT molecular complexity index is 856. The van der Waals surface area contributed by atoms with Gasteiger partial charge in [-0.3, -0.25) is 9.69 Å². The summed E-state index contributed by atoms with van der Waals surface area (Å²) in [5.74, 6) is 1.39. The standard InChI is InChI=1S/C25H34N4O/c1-19-4-6-23-18-28(13-8-22(23)16-19)12-3-11-26-25(30)21-9-14-29(15-10-21)24-7-5-20(2)17-27-24/h4-7,16-17,21H,3,8-15,18H2,1-2H3,(H,26,30). The average molecular weight is 407 g/mol. The Morgan fingerprint density at radius 2 is 1.87 bits per heavy atom. The highest BCUT2D eigenvalue weighted by Crippen LogP contribution is 2.22. The van der Waals surface area contributed by atoms with E-state index in [1.165, 1.54) is 22.3 Å². The summed E-state index contributed by atoms with van der Waals surface area (Å²) in [5.41, 5.74) is 5.50. The van der Waals surface area contributed by atoms with Crippen molar-refractivity contribution in [2.45, 2.75) is 46.1 Å². The fourth-order valence-corrected chi connectivity index (χ4v) is 4.61. The minimum absolute atomic E-state index is 0.136. The molecule has 1 N–H and O–H groups in total. The maximum absolute atomic E-state index is 12.6. The lowest BCUT2D eigenvalue weighted by Crippen LogP contribution is -2.41. The van der Waals surface area contributed by atoms with Gasteiger partial charge in [0, 0.05) is 51.4 Å².